The fourth-order valence-electron chi connectivity index (χ4n) is 2.37. The van der Waals surface area contributed by atoms with Crippen molar-refractivity contribution < 1.29 is 9.47 Å². The van der Waals surface area contributed by atoms with E-state index in [9.17, 15) is 0 Å². The van der Waals surface area contributed by atoms with Crippen molar-refractivity contribution in [3.63, 3.8) is 0 Å². The minimum atomic E-state index is 0.497. The van der Waals surface area contributed by atoms with E-state index in [1.165, 1.54) is 0 Å². The number of imidazole rings is 1. The molecule has 0 saturated carbocycles. The number of hydrogen-bond donors (Lipinski definition) is 2. The van der Waals surface area contributed by atoms with Crippen LogP contribution in [0.4, 0.5) is 5.69 Å². The molecule has 1 aromatic carbocycles. The maximum Gasteiger partial charge on any atom is 0.196 e. The van der Waals surface area contributed by atoms with Crippen molar-refractivity contribution in [3.05, 3.63) is 41.7 Å². The Morgan fingerprint density at radius 2 is 2.12 bits per heavy atom. The van der Waals surface area contributed by atoms with Gasteiger partial charge in [-0.05, 0) is 19.1 Å². The molecule has 0 radical (unpaired) electrons. The number of fused-ring (bicyclic) bond motifs is 1. The van der Waals surface area contributed by atoms with E-state index >= 15 is 0 Å². The van der Waals surface area contributed by atoms with E-state index in [1.807, 2.05) is 47.3 Å². The van der Waals surface area contributed by atoms with Crippen molar-refractivity contribution in [1.29, 1.82) is 0 Å². The Balaban J connectivity index is 1.74. The number of anilines is 1. The molecular formula is C17H21N5O2S. The van der Waals surface area contributed by atoms with Gasteiger partial charge < -0.3 is 20.1 Å². The molecular weight excluding hydrogens is 338 g/mol. The molecule has 0 saturated heterocycles. The van der Waals surface area contributed by atoms with Crippen LogP contribution in [0, 0.1) is 0 Å². The minimum absolute atomic E-state index is 0.497. The maximum absolute atomic E-state index is 5.34. The largest absolute Gasteiger partial charge is 0.493 e. The van der Waals surface area contributed by atoms with Crippen LogP contribution in [0.15, 0.2) is 41.0 Å². The van der Waals surface area contributed by atoms with Crippen LogP contribution < -0.4 is 20.1 Å². The highest BCUT2D eigenvalue weighted by Crippen LogP contribution is 2.29. The monoisotopic (exact) mass is 359 g/mol. The van der Waals surface area contributed by atoms with Gasteiger partial charge in [-0.25, -0.2) is 9.98 Å². The van der Waals surface area contributed by atoms with Crippen molar-refractivity contribution in [2.24, 2.45) is 4.99 Å². The Bertz CT molecular complexity index is 842. The van der Waals surface area contributed by atoms with E-state index in [0.29, 0.717) is 24.0 Å². The van der Waals surface area contributed by atoms with Crippen LogP contribution in [0.1, 0.15) is 12.6 Å². The van der Waals surface area contributed by atoms with Crippen LogP contribution in [-0.4, -0.2) is 36.1 Å². The summed E-state index contributed by atoms with van der Waals surface area (Å²) in [4.78, 5) is 10.1. The lowest BCUT2D eigenvalue weighted by Gasteiger charge is -2.13. The maximum atomic E-state index is 5.34. The minimum Gasteiger partial charge on any atom is -0.493 e. The van der Waals surface area contributed by atoms with Crippen LogP contribution in [0.2, 0.25) is 0 Å². The first kappa shape index (κ1) is 17.1. The smallest absolute Gasteiger partial charge is 0.196 e. The predicted molar refractivity (Wildman–Crippen MR) is 101 cm³/mol. The van der Waals surface area contributed by atoms with Gasteiger partial charge in [-0.1, -0.05) is 0 Å². The van der Waals surface area contributed by atoms with Crippen molar-refractivity contribution in [2.75, 3.05) is 26.1 Å². The summed E-state index contributed by atoms with van der Waals surface area (Å²) < 4.78 is 12.6. The third kappa shape index (κ3) is 4.03. The Kier molecular flexibility index (Phi) is 5.39. The molecule has 0 amide bonds. The van der Waals surface area contributed by atoms with Gasteiger partial charge in [0.1, 0.15) is 0 Å². The zero-order chi connectivity index (χ0) is 17.6. The molecule has 0 bridgehead atoms. The number of guanidine groups is 1. The van der Waals surface area contributed by atoms with Crippen molar-refractivity contribution in [1.82, 2.24) is 14.7 Å². The van der Waals surface area contributed by atoms with Gasteiger partial charge in [0.25, 0.3) is 0 Å². The second kappa shape index (κ2) is 7.89. The average Bonchev–Trinajstić information content (AvgIpc) is 3.21. The molecule has 3 aromatic rings. The number of methoxy groups -OCH3 is 2. The molecule has 2 heterocycles. The van der Waals surface area contributed by atoms with Crippen molar-refractivity contribution in [2.45, 2.75) is 13.5 Å². The summed E-state index contributed by atoms with van der Waals surface area (Å²) in [5, 5.41) is 8.52. The van der Waals surface area contributed by atoms with E-state index < -0.39 is 0 Å². The van der Waals surface area contributed by atoms with E-state index in [0.717, 1.165) is 22.9 Å². The lowest BCUT2D eigenvalue weighted by Crippen LogP contribution is -2.30. The highest BCUT2D eigenvalue weighted by Gasteiger charge is 2.07. The van der Waals surface area contributed by atoms with Crippen LogP contribution in [0.25, 0.3) is 4.96 Å². The molecule has 0 aliphatic heterocycles. The van der Waals surface area contributed by atoms with Crippen LogP contribution in [0.5, 0.6) is 11.5 Å². The zero-order valence-electron chi connectivity index (χ0n) is 14.4. The zero-order valence-corrected chi connectivity index (χ0v) is 15.3. The molecule has 25 heavy (non-hydrogen) atoms. The third-order valence-electron chi connectivity index (χ3n) is 3.53. The third-order valence-corrected chi connectivity index (χ3v) is 4.30. The molecule has 0 aliphatic rings. The van der Waals surface area contributed by atoms with Gasteiger partial charge >= 0.3 is 0 Å². The van der Waals surface area contributed by atoms with Gasteiger partial charge in [0, 0.05) is 36.1 Å². The molecule has 0 unspecified atom stereocenters. The molecule has 2 aromatic heterocycles. The van der Waals surface area contributed by atoms with Gasteiger partial charge in [-0.15, -0.1) is 11.3 Å². The quantitative estimate of drug-likeness (QED) is 0.523. The number of rotatable bonds is 6. The molecule has 7 nitrogen and oxygen atoms in total. The van der Waals surface area contributed by atoms with Gasteiger partial charge in [0.15, 0.2) is 22.4 Å². The van der Waals surface area contributed by atoms with Crippen LogP contribution in [-0.2, 0) is 6.54 Å². The summed E-state index contributed by atoms with van der Waals surface area (Å²) in [5.41, 5.74) is 1.79. The normalized spacial score (nSPS) is 11.6. The van der Waals surface area contributed by atoms with E-state index in [2.05, 4.69) is 20.6 Å². The first-order valence-corrected chi connectivity index (χ1v) is 8.80. The predicted octanol–water partition coefficient (Wildman–Crippen LogP) is 2.99. The first-order chi connectivity index (χ1) is 12.2. The second-order valence-corrected chi connectivity index (χ2v) is 6.09. The molecule has 0 aliphatic carbocycles. The summed E-state index contributed by atoms with van der Waals surface area (Å²) in [7, 11) is 3.23. The van der Waals surface area contributed by atoms with Gasteiger partial charge in [0.05, 0.1) is 26.5 Å². The highest BCUT2D eigenvalue weighted by molar-refractivity contribution is 7.15. The Hall–Kier alpha value is -2.74. The van der Waals surface area contributed by atoms with Crippen LogP contribution in [0.3, 0.4) is 0 Å². The topological polar surface area (TPSA) is 72.2 Å². The number of thiazole rings is 1. The fraction of sp³-hybridized carbons (Fsp3) is 0.294. The number of hydrogen-bond acceptors (Lipinski definition) is 5. The number of aromatic nitrogens is 2. The lowest BCUT2D eigenvalue weighted by atomic mass is 10.3. The molecule has 2 N–H and O–H groups in total. The number of aliphatic imine (C=N–C) groups is 1. The van der Waals surface area contributed by atoms with Gasteiger partial charge in [0.2, 0.25) is 0 Å². The summed E-state index contributed by atoms with van der Waals surface area (Å²) in [5.74, 6) is 2.04. The number of nitrogens with one attached hydrogen (secondary N) is 2. The summed E-state index contributed by atoms with van der Waals surface area (Å²) in [6.45, 7) is 3.28. The molecule has 3 rings (SSSR count). The molecule has 0 spiro atoms. The van der Waals surface area contributed by atoms with Gasteiger partial charge in [-0.2, -0.15) is 0 Å². The fourth-order valence-corrected chi connectivity index (χ4v) is 3.09. The summed E-state index contributed by atoms with van der Waals surface area (Å²) in [6, 6.07) is 5.65. The molecule has 8 heteroatoms. The van der Waals surface area contributed by atoms with Crippen LogP contribution >= 0.6 is 11.3 Å². The summed E-state index contributed by atoms with van der Waals surface area (Å²) in [6.07, 6.45) is 3.99. The van der Waals surface area contributed by atoms with E-state index in [1.54, 1.807) is 25.6 Å². The molecule has 0 fully saturated rings. The standard InChI is InChI=1S/C17H21N5O2S/c1-4-18-16(19-10-13-11-22-7-8-25-17(22)21-13)20-12-5-6-14(23-2)15(9-12)24-3/h5-9,11H,4,10H2,1-3H3,(H2,18,19,20). The van der Waals surface area contributed by atoms with Crippen molar-refractivity contribution >= 4 is 27.9 Å². The Morgan fingerprint density at radius 3 is 2.84 bits per heavy atom. The van der Waals surface area contributed by atoms with Gasteiger partial charge in [-0.3, -0.25) is 4.40 Å². The highest BCUT2D eigenvalue weighted by atomic mass is 32.1. The first-order valence-electron chi connectivity index (χ1n) is 7.92. The summed E-state index contributed by atoms with van der Waals surface area (Å²) >= 11 is 1.61. The van der Waals surface area contributed by atoms with E-state index in [-0.39, 0.29) is 0 Å². The number of ether oxygens (including phenoxy) is 2. The lowest BCUT2D eigenvalue weighted by molar-refractivity contribution is 0.355. The number of nitrogens with zero attached hydrogens (tertiary/aromatic N) is 3. The molecule has 132 valence electrons. The van der Waals surface area contributed by atoms with E-state index in [4.69, 9.17) is 9.47 Å². The van der Waals surface area contributed by atoms with Crippen molar-refractivity contribution in [3.8, 4) is 11.5 Å². The Labute approximate surface area is 150 Å². The SMILES string of the molecule is CCNC(=NCc1cn2ccsc2n1)Nc1ccc(OC)c(OC)c1. The molecule has 0 atom stereocenters. The second-order valence-electron chi connectivity index (χ2n) is 5.22. The Morgan fingerprint density at radius 1 is 1.28 bits per heavy atom. The number of benzene rings is 1. The average molecular weight is 359 g/mol.